The van der Waals surface area contributed by atoms with E-state index in [1.807, 2.05) is 6.07 Å². The van der Waals surface area contributed by atoms with Gasteiger partial charge in [0, 0.05) is 11.8 Å². The van der Waals surface area contributed by atoms with Crippen molar-refractivity contribution in [2.24, 2.45) is 0 Å². The minimum absolute atomic E-state index is 0.101. The van der Waals surface area contributed by atoms with Crippen molar-refractivity contribution in [1.29, 1.82) is 0 Å². The number of ether oxygens (including phenoxy) is 4. The second-order valence-corrected chi connectivity index (χ2v) is 3.95. The Bertz CT molecular complexity index is 530. The number of nitrogens with one attached hydrogen (secondary N) is 1. The van der Waals surface area contributed by atoms with Gasteiger partial charge in [-0.25, -0.2) is 14.4 Å². The van der Waals surface area contributed by atoms with Gasteiger partial charge in [-0.3, -0.25) is 5.32 Å². The first-order chi connectivity index (χ1) is 11.1. The van der Waals surface area contributed by atoms with Gasteiger partial charge in [0.15, 0.2) is 0 Å². The standard InChI is InChI=1S/C15H17NO7/c1-2-13(17)20-8-10-22-15(19)23-11-9-21-14(18)16-12-6-4-3-5-7-12/h2-7H,1,8-11H2,(H,16,18). The van der Waals surface area contributed by atoms with E-state index < -0.39 is 18.2 Å². The third-order valence-corrected chi connectivity index (χ3v) is 2.27. The largest absolute Gasteiger partial charge is 0.508 e. The summed E-state index contributed by atoms with van der Waals surface area (Å²) >= 11 is 0. The van der Waals surface area contributed by atoms with Crippen molar-refractivity contribution in [3.63, 3.8) is 0 Å². The van der Waals surface area contributed by atoms with Gasteiger partial charge < -0.3 is 18.9 Å². The molecule has 0 bridgehead atoms. The molecule has 1 amide bonds. The fraction of sp³-hybridized carbons (Fsp3) is 0.267. The Morgan fingerprint density at radius 2 is 1.48 bits per heavy atom. The molecular formula is C15H17NO7. The van der Waals surface area contributed by atoms with Crippen LogP contribution in [0.15, 0.2) is 43.0 Å². The van der Waals surface area contributed by atoms with E-state index >= 15 is 0 Å². The third-order valence-electron chi connectivity index (χ3n) is 2.27. The molecule has 8 nitrogen and oxygen atoms in total. The zero-order chi connectivity index (χ0) is 16.9. The number of amides is 1. The Balaban J connectivity index is 2.03. The number of anilines is 1. The minimum Gasteiger partial charge on any atom is -0.459 e. The molecule has 1 aromatic rings. The van der Waals surface area contributed by atoms with E-state index in [-0.39, 0.29) is 26.4 Å². The van der Waals surface area contributed by atoms with Gasteiger partial charge in [-0.15, -0.1) is 0 Å². The summed E-state index contributed by atoms with van der Waals surface area (Å²) in [7, 11) is 0. The first kappa shape index (κ1) is 18.0. The Kier molecular flexibility index (Phi) is 8.35. The van der Waals surface area contributed by atoms with Gasteiger partial charge in [0.05, 0.1) is 0 Å². The summed E-state index contributed by atoms with van der Waals surface area (Å²) < 4.78 is 18.7. The van der Waals surface area contributed by atoms with Gasteiger partial charge in [-0.2, -0.15) is 0 Å². The number of benzene rings is 1. The lowest BCUT2D eigenvalue weighted by Gasteiger charge is -2.08. The zero-order valence-corrected chi connectivity index (χ0v) is 12.4. The Morgan fingerprint density at radius 1 is 0.913 bits per heavy atom. The first-order valence-electron chi connectivity index (χ1n) is 6.69. The van der Waals surface area contributed by atoms with Gasteiger partial charge in [0.1, 0.15) is 26.4 Å². The van der Waals surface area contributed by atoms with E-state index in [4.69, 9.17) is 4.74 Å². The van der Waals surface area contributed by atoms with Gasteiger partial charge in [0.25, 0.3) is 0 Å². The zero-order valence-electron chi connectivity index (χ0n) is 12.4. The average Bonchev–Trinajstić information content (AvgIpc) is 2.56. The van der Waals surface area contributed by atoms with Crippen LogP contribution in [-0.2, 0) is 23.7 Å². The lowest BCUT2D eigenvalue weighted by Crippen LogP contribution is -2.19. The second kappa shape index (κ2) is 10.7. The summed E-state index contributed by atoms with van der Waals surface area (Å²) in [5, 5.41) is 2.50. The molecule has 0 aliphatic rings. The molecule has 0 saturated heterocycles. The summed E-state index contributed by atoms with van der Waals surface area (Å²) in [5.74, 6) is -0.611. The van der Waals surface area contributed by atoms with Crippen LogP contribution in [0.3, 0.4) is 0 Å². The molecule has 0 saturated carbocycles. The molecule has 0 spiro atoms. The quantitative estimate of drug-likeness (QED) is 0.338. The van der Waals surface area contributed by atoms with Crippen LogP contribution >= 0.6 is 0 Å². The minimum atomic E-state index is -0.952. The van der Waals surface area contributed by atoms with Gasteiger partial charge in [0.2, 0.25) is 0 Å². The molecule has 0 fully saturated rings. The fourth-order valence-corrected chi connectivity index (χ4v) is 1.30. The maximum atomic E-state index is 11.4. The maximum Gasteiger partial charge on any atom is 0.508 e. The van der Waals surface area contributed by atoms with Crippen LogP contribution in [0.4, 0.5) is 15.3 Å². The molecule has 0 aliphatic carbocycles. The van der Waals surface area contributed by atoms with Crippen LogP contribution in [0.1, 0.15) is 0 Å². The number of para-hydroxylation sites is 1. The van der Waals surface area contributed by atoms with Crippen molar-refractivity contribution in [1.82, 2.24) is 0 Å². The van der Waals surface area contributed by atoms with E-state index in [0.29, 0.717) is 5.69 Å². The molecular weight excluding hydrogens is 306 g/mol. The van der Waals surface area contributed by atoms with Crippen LogP contribution in [0, 0.1) is 0 Å². The molecule has 0 radical (unpaired) electrons. The van der Waals surface area contributed by atoms with E-state index in [2.05, 4.69) is 26.1 Å². The van der Waals surface area contributed by atoms with Crippen LogP contribution in [-0.4, -0.2) is 44.6 Å². The van der Waals surface area contributed by atoms with Gasteiger partial charge in [-0.05, 0) is 12.1 Å². The number of carbonyl (C=O) groups excluding carboxylic acids is 3. The summed E-state index contributed by atoms with van der Waals surface area (Å²) in [6.07, 6.45) is -0.618. The van der Waals surface area contributed by atoms with Crippen molar-refractivity contribution in [2.75, 3.05) is 31.7 Å². The molecule has 0 unspecified atom stereocenters. The lowest BCUT2D eigenvalue weighted by atomic mass is 10.3. The highest BCUT2D eigenvalue weighted by molar-refractivity contribution is 5.84. The van der Waals surface area contributed by atoms with E-state index in [9.17, 15) is 14.4 Å². The maximum absolute atomic E-state index is 11.4. The molecule has 0 heterocycles. The first-order valence-corrected chi connectivity index (χ1v) is 6.69. The summed E-state index contributed by atoms with van der Waals surface area (Å²) in [5.41, 5.74) is 0.590. The number of carbonyl (C=O) groups is 3. The molecule has 0 aliphatic heterocycles. The number of hydrogen-bond acceptors (Lipinski definition) is 7. The molecule has 0 atom stereocenters. The van der Waals surface area contributed by atoms with Crippen LogP contribution in [0.2, 0.25) is 0 Å². The normalized spacial score (nSPS) is 9.39. The summed E-state index contributed by atoms with van der Waals surface area (Å²) in [6.45, 7) is 2.68. The van der Waals surface area contributed by atoms with Gasteiger partial charge in [-0.1, -0.05) is 24.8 Å². The average molecular weight is 323 g/mol. The molecule has 1 aromatic carbocycles. The van der Waals surface area contributed by atoms with E-state index in [1.165, 1.54) is 0 Å². The lowest BCUT2D eigenvalue weighted by molar-refractivity contribution is -0.139. The predicted octanol–water partition coefficient (Wildman–Crippen LogP) is 2.12. The molecule has 1 rings (SSSR count). The molecule has 124 valence electrons. The summed E-state index contributed by atoms with van der Waals surface area (Å²) in [6, 6.07) is 8.75. The Morgan fingerprint density at radius 3 is 2.09 bits per heavy atom. The van der Waals surface area contributed by atoms with E-state index in [0.717, 1.165) is 6.08 Å². The molecule has 23 heavy (non-hydrogen) atoms. The number of hydrogen-bond donors (Lipinski definition) is 1. The van der Waals surface area contributed by atoms with Crippen LogP contribution in [0.5, 0.6) is 0 Å². The Labute approximate surface area is 133 Å². The van der Waals surface area contributed by atoms with Crippen molar-refractivity contribution in [3.8, 4) is 0 Å². The highest BCUT2D eigenvalue weighted by Crippen LogP contribution is 2.05. The molecule has 8 heteroatoms. The van der Waals surface area contributed by atoms with Gasteiger partial charge >= 0.3 is 18.2 Å². The number of esters is 1. The SMILES string of the molecule is C=CC(=O)OCCOC(=O)OCCOC(=O)Nc1ccccc1. The second-order valence-electron chi connectivity index (χ2n) is 3.95. The van der Waals surface area contributed by atoms with Crippen LogP contribution in [0.25, 0.3) is 0 Å². The van der Waals surface area contributed by atoms with Crippen molar-refractivity contribution in [3.05, 3.63) is 43.0 Å². The monoisotopic (exact) mass is 323 g/mol. The highest BCUT2D eigenvalue weighted by atomic mass is 16.7. The van der Waals surface area contributed by atoms with E-state index in [1.54, 1.807) is 24.3 Å². The van der Waals surface area contributed by atoms with Crippen molar-refractivity contribution >= 4 is 23.9 Å². The highest BCUT2D eigenvalue weighted by Gasteiger charge is 2.06. The Hall–Kier alpha value is -3.03. The predicted molar refractivity (Wildman–Crippen MR) is 79.9 cm³/mol. The van der Waals surface area contributed by atoms with Crippen molar-refractivity contribution in [2.45, 2.75) is 0 Å². The van der Waals surface area contributed by atoms with Crippen LogP contribution < -0.4 is 5.32 Å². The fourth-order valence-electron chi connectivity index (χ4n) is 1.30. The molecule has 0 aromatic heterocycles. The molecule has 1 N–H and O–H groups in total. The summed E-state index contributed by atoms with van der Waals surface area (Å²) in [4.78, 5) is 33.2. The topological polar surface area (TPSA) is 100 Å². The number of rotatable bonds is 8. The van der Waals surface area contributed by atoms with Crippen molar-refractivity contribution < 1.29 is 33.3 Å². The smallest absolute Gasteiger partial charge is 0.459 e. The third kappa shape index (κ3) is 8.76.